The first-order valence-electron chi connectivity index (χ1n) is 7.87. The SMILES string of the molecule is CN(CCCOc1ccc(S(C)(=O)=O)cc1)C(=O)C1COCCN1.Cl. The summed E-state index contributed by atoms with van der Waals surface area (Å²) in [4.78, 5) is 14.1. The fourth-order valence-corrected chi connectivity index (χ4v) is 3.01. The molecule has 1 aliphatic rings. The van der Waals surface area contributed by atoms with E-state index in [4.69, 9.17) is 9.47 Å². The Morgan fingerprint density at radius 1 is 1.36 bits per heavy atom. The van der Waals surface area contributed by atoms with Crippen molar-refractivity contribution in [2.24, 2.45) is 0 Å². The summed E-state index contributed by atoms with van der Waals surface area (Å²) in [5.74, 6) is 0.630. The quantitative estimate of drug-likeness (QED) is 0.688. The second-order valence-corrected chi connectivity index (χ2v) is 7.80. The zero-order valence-corrected chi connectivity index (χ0v) is 16.1. The highest BCUT2D eigenvalue weighted by Crippen LogP contribution is 2.16. The molecule has 9 heteroatoms. The zero-order valence-electron chi connectivity index (χ0n) is 14.4. The molecular weight excluding hydrogens is 368 g/mol. The van der Waals surface area contributed by atoms with E-state index < -0.39 is 9.84 Å². The van der Waals surface area contributed by atoms with Crippen LogP contribution in [0.25, 0.3) is 0 Å². The summed E-state index contributed by atoms with van der Waals surface area (Å²) in [6.07, 6.45) is 1.85. The number of amides is 1. The fraction of sp³-hybridized carbons (Fsp3) is 0.562. The van der Waals surface area contributed by atoms with Crippen molar-refractivity contribution < 1.29 is 22.7 Å². The third-order valence-electron chi connectivity index (χ3n) is 3.75. The van der Waals surface area contributed by atoms with E-state index in [1.165, 1.54) is 18.4 Å². The second-order valence-electron chi connectivity index (χ2n) is 5.79. The lowest BCUT2D eigenvalue weighted by Crippen LogP contribution is -2.51. The average molecular weight is 393 g/mol. The minimum Gasteiger partial charge on any atom is -0.494 e. The molecule has 0 aliphatic carbocycles. The van der Waals surface area contributed by atoms with Gasteiger partial charge in [0, 0.05) is 26.4 Å². The number of nitrogens with zero attached hydrogens (tertiary/aromatic N) is 1. The van der Waals surface area contributed by atoms with Gasteiger partial charge in [-0.25, -0.2) is 8.42 Å². The van der Waals surface area contributed by atoms with E-state index in [2.05, 4.69) is 5.32 Å². The standard InChI is InChI=1S/C16H24N2O5S.ClH/c1-18(16(19)15-12-22-11-8-17-15)9-3-10-23-13-4-6-14(7-5-13)24(2,20)21;/h4-7,15,17H,3,8-12H2,1-2H3;1H. The maximum atomic E-state index is 12.2. The van der Waals surface area contributed by atoms with Crippen LogP contribution in [0.15, 0.2) is 29.2 Å². The summed E-state index contributed by atoms with van der Waals surface area (Å²) >= 11 is 0. The molecule has 1 amide bonds. The number of carbonyl (C=O) groups excluding carboxylic acids is 1. The van der Waals surface area contributed by atoms with Gasteiger partial charge in [-0.1, -0.05) is 0 Å². The third-order valence-corrected chi connectivity index (χ3v) is 4.88. The Hall–Kier alpha value is -1.35. The van der Waals surface area contributed by atoms with Gasteiger partial charge in [0.1, 0.15) is 11.8 Å². The summed E-state index contributed by atoms with van der Waals surface area (Å²) in [6.45, 7) is 2.77. The van der Waals surface area contributed by atoms with Crippen LogP contribution >= 0.6 is 12.4 Å². The zero-order chi connectivity index (χ0) is 17.6. The van der Waals surface area contributed by atoms with Gasteiger partial charge >= 0.3 is 0 Å². The number of benzene rings is 1. The van der Waals surface area contributed by atoms with Crippen molar-refractivity contribution in [3.63, 3.8) is 0 Å². The molecular formula is C16H25ClN2O5S. The van der Waals surface area contributed by atoms with Gasteiger partial charge in [0.15, 0.2) is 9.84 Å². The van der Waals surface area contributed by atoms with Crippen molar-refractivity contribution in [3.05, 3.63) is 24.3 Å². The summed E-state index contributed by atoms with van der Waals surface area (Å²) in [7, 11) is -1.43. The molecule has 1 saturated heterocycles. The number of rotatable bonds is 7. The molecule has 1 aliphatic heterocycles. The van der Waals surface area contributed by atoms with Gasteiger partial charge in [-0.2, -0.15) is 0 Å². The second kappa shape index (κ2) is 9.96. The van der Waals surface area contributed by atoms with Gasteiger partial charge < -0.3 is 19.7 Å². The lowest BCUT2D eigenvalue weighted by Gasteiger charge is -2.27. The first-order valence-corrected chi connectivity index (χ1v) is 9.76. The van der Waals surface area contributed by atoms with Crippen molar-refractivity contribution in [2.75, 3.05) is 46.2 Å². The molecule has 1 N–H and O–H groups in total. The maximum absolute atomic E-state index is 12.2. The van der Waals surface area contributed by atoms with Gasteiger partial charge in [-0.15, -0.1) is 12.4 Å². The first kappa shape index (κ1) is 21.7. The Morgan fingerprint density at radius 2 is 2.04 bits per heavy atom. The Bertz CT molecular complexity index is 645. The van der Waals surface area contributed by atoms with Crippen molar-refractivity contribution >= 4 is 28.2 Å². The molecule has 1 atom stereocenters. The van der Waals surface area contributed by atoms with Gasteiger partial charge in [0.05, 0.1) is 24.7 Å². The van der Waals surface area contributed by atoms with Crippen LogP contribution in [0.5, 0.6) is 5.75 Å². The number of hydrogen-bond donors (Lipinski definition) is 1. The van der Waals surface area contributed by atoms with Gasteiger partial charge in [-0.05, 0) is 30.7 Å². The van der Waals surface area contributed by atoms with E-state index in [1.54, 1.807) is 24.1 Å². The highest BCUT2D eigenvalue weighted by Gasteiger charge is 2.23. The molecule has 0 radical (unpaired) electrons. The topological polar surface area (TPSA) is 84.9 Å². The highest BCUT2D eigenvalue weighted by molar-refractivity contribution is 7.90. The largest absolute Gasteiger partial charge is 0.494 e. The van der Waals surface area contributed by atoms with Crippen LogP contribution in [-0.4, -0.2) is 71.5 Å². The smallest absolute Gasteiger partial charge is 0.241 e. The van der Waals surface area contributed by atoms with Gasteiger partial charge in [-0.3, -0.25) is 4.79 Å². The molecule has 1 heterocycles. The monoisotopic (exact) mass is 392 g/mol. The molecule has 2 rings (SSSR count). The molecule has 1 unspecified atom stereocenters. The Labute approximate surface area is 155 Å². The van der Waals surface area contributed by atoms with E-state index in [1.807, 2.05) is 0 Å². The molecule has 0 bridgehead atoms. The molecule has 1 aromatic rings. The van der Waals surface area contributed by atoms with E-state index in [0.717, 1.165) is 0 Å². The molecule has 142 valence electrons. The summed E-state index contributed by atoms with van der Waals surface area (Å²) in [5.41, 5.74) is 0. The highest BCUT2D eigenvalue weighted by atomic mass is 35.5. The number of morpholine rings is 1. The number of likely N-dealkylation sites (N-methyl/N-ethyl adjacent to an activating group) is 1. The summed E-state index contributed by atoms with van der Waals surface area (Å²) < 4.78 is 33.6. The predicted molar refractivity (Wildman–Crippen MR) is 97.2 cm³/mol. The number of carbonyl (C=O) groups is 1. The molecule has 25 heavy (non-hydrogen) atoms. The van der Waals surface area contributed by atoms with Crippen molar-refractivity contribution in [2.45, 2.75) is 17.4 Å². The van der Waals surface area contributed by atoms with Gasteiger partial charge in [0.2, 0.25) is 5.91 Å². The first-order chi connectivity index (χ1) is 11.4. The average Bonchev–Trinajstić information content (AvgIpc) is 2.58. The van der Waals surface area contributed by atoms with Crippen LogP contribution in [0.4, 0.5) is 0 Å². The van der Waals surface area contributed by atoms with Crippen LogP contribution in [0.2, 0.25) is 0 Å². The fourth-order valence-electron chi connectivity index (χ4n) is 2.38. The molecule has 7 nitrogen and oxygen atoms in total. The minimum absolute atomic E-state index is 0. The van der Waals surface area contributed by atoms with Gasteiger partial charge in [0.25, 0.3) is 0 Å². The molecule has 0 saturated carbocycles. The van der Waals surface area contributed by atoms with E-state index >= 15 is 0 Å². The number of nitrogens with one attached hydrogen (secondary N) is 1. The summed E-state index contributed by atoms with van der Waals surface area (Å²) in [6, 6.07) is 6.04. The molecule has 1 aromatic carbocycles. The molecule has 1 fully saturated rings. The van der Waals surface area contributed by atoms with Crippen molar-refractivity contribution in [1.82, 2.24) is 10.2 Å². The maximum Gasteiger partial charge on any atom is 0.241 e. The lowest BCUT2D eigenvalue weighted by atomic mass is 10.2. The number of hydrogen-bond acceptors (Lipinski definition) is 6. The minimum atomic E-state index is -3.19. The van der Waals surface area contributed by atoms with Crippen molar-refractivity contribution in [1.29, 1.82) is 0 Å². The molecule has 0 aromatic heterocycles. The number of sulfone groups is 1. The van der Waals surface area contributed by atoms with E-state index in [0.29, 0.717) is 45.1 Å². The lowest BCUT2D eigenvalue weighted by molar-refractivity contribution is -0.135. The van der Waals surface area contributed by atoms with Crippen LogP contribution < -0.4 is 10.1 Å². The molecule has 0 spiro atoms. The van der Waals surface area contributed by atoms with E-state index in [9.17, 15) is 13.2 Å². The van der Waals surface area contributed by atoms with Crippen LogP contribution in [0.3, 0.4) is 0 Å². The number of halogens is 1. The Kier molecular flexibility index (Phi) is 8.64. The normalized spacial score (nSPS) is 17.4. The Morgan fingerprint density at radius 3 is 2.60 bits per heavy atom. The van der Waals surface area contributed by atoms with Crippen LogP contribution in [0.1, 0.15) is 6.42 Å². The van der Waals surface area contributed by atoms with Crippen LogP contribution in [0, 0.1) is 0 Å². The van der Waals surface area contributed by atoms with E-state index in [-0.39, 0.29) is 29.3 Å². The van der Waals surface area contributed by atoms with Crippen LogP contribution in [-0.2, 0) is 19.4 Å². The Balaban J connectivity index is 0.00000312. The number of ether oxygens (including phenoxy) is 2. The third kappa shape index (κ3) is 6.81. The van der Waals surface area contributed by atoms with Crippen molar-refractivity contribution in [3.8, 4) is 5.75 Å². The predicted octanol–water partition coefficient (Wildman–Crippen LogP) is 0.728. The summed E-state index contributed by atoms with van der Waals surface area (Å²) in [5, 5.41) is 3.14.